The van der Waals surface area contributed by atoms with Crippen LogP contribution in [0.25, 0.3) is 0 Å². The SMILES string of the molecule is Cc1cccc(OCC(=O)N(Cc2cccc(Br)c2)C(Cc2ccccc2)C(=O)NC2CCCC2)c1. The molecule has 0 aromatic heterocycles. The number of aryl methyl sites for hydroxylation is 1. The molecule has 1 atom stereocenters. The van der Waals surface area contributed by atoms with Crippen molar-refractivity contribution in [3.05, 3.63) is 100 Å². The van der Waals surface area contributed by atoms with Crippen LogP contribution in [-0.4, -0.2) is 35.4 Å². The Labute approximate surface area is 222 Å². The number of carbonyl (C=O) groups is 2. The Morgan fingerprint density at radius 1 is 0.972 bits per heavy atom. The Hall–Kier alpha value is -3.12. The summed E-state index contributed by atoms with van der Waals surface area (Å²) in [5.41, 5.74) is 3.01. The number of carbonyl (C=O) groups excluding carboxylic acids is 2. The fourth-order valence-electron chi connectivity index (χ4n) is 4.69. The maximum Gasteiger partial charge on any atom is 0.261 e. The first-order valence-electron chi connectivity index (χ1n) is 12.6. The number of nitrogens with one attached hydrogen (secondary N) is 1. The molecule has 0 aliphatic heterocycles. The third kappa shape index (κ3) is 7.44. The van der Waals surface area contributed by atoms with Crippen molar-refractivity contribution >= 4 is 27.7 Å². The predicted octanol–water partition coefficient (Wildman–Crippen LogP) is 5.84. The second-order valence-electron chi connectivity index (χ2n) is 9.45. The molecule has 0 heterocycles. The van der Waals surface area contributed by atoms with Crippen LogP contribution >= 0.6 is 15.9 Å². The van der Waals surface area contributed by atoms with Crippen LogP contribution in [0.5, 0.6) is 5.75 Å². The van der Waals surface area contributed by atoms with Gasteiger partial charge in [-0.1, -0.05) is 83.4 Å². The van der Waals surface area contributed by atoms with Crippen LogP contribution in [0.2, 0.25) is 0 Å². The molecule has 1 aliphatic carbocycles. The van der Waals surface area contributed by atoms with E-state index in [2.05, 4.69) is 21.2 Å². The fraction of sp³-hybridized carbons (Fsp3) is 0.333. The van der Waals surface area contributed by atoms with Gasteiger partial charge in [-0.3, -0.25) is 9.59 Å². The lowest BCUT2D eigenvalue weighted by Crippen LogP contribution is -2.53. The number of nitrogens with zero attached hydrogens (tertiary/aromatic N) is 1. The Morgan fingerprint density at radius 3 is 2.42 bits per heavy atom. The number of halogens is 1. The van der Waals surface area contributed by atoms with Gasteiger partial charge in [0.15, 0.2) is 6.61 Å². The van der Waals surface area contributed by atoms with Gasteiger partial charge in [-0.15, -0.1) is 0 Å². The molecule has 6 heteroatoms. The van der Waals surface area contributed by atoms with Crippen molar-refractivity contribution in [2.45, 2.75) is 57.7 Å². The molecule has 5 nitrogen and oxygen atoms in total. The molecule has 1 saturated carbocycles. The fourth-order valence-corrected chi connectivity index (χ4v) is 5.13. The summed E-state index contributed by atoms with van der Waals surface area (Å²) >= 11 is 3.53. The maximum atomic E-state index is 13.7. The van der Waals surface area contributed by atoms with Crippen LogP contribution < -0.4 is 10.1 Å². The van der Waals surface area contributed by atoms with Crippen molar-refractivity contribution < 1.29 is 14.3 Å². The Morgan fingerprint density at radius 2 is 1.69 bits per heavy atom. The second kappa shape index (κ2) is 12.7. The zero-order chi connectivity index (χ0) is 25.3. The maximum absolute atomic E-state index is 13.7. The van der Waals surface area contributed by atoms with Crippen LogP contribution in [-0.2, 0) is 22.6 Å². The number of hydrogen-bond donors (Lipinski definition) is 1. The molecule has 1 aliphatic rings. The number of ether oxygens (including phenoxy) is 1. The van der Waals surface area contributed by atoms with Gasteiger partial charge in [-0.2, -0.15) is 0 Å². The normalized spacial score (nSPS) is 14.3. The molecule has 1 unspecified atom stereocenters. The molecule has 2 amide bonds. The largest absolute Gasteiger partial charge is 0.484 e. The summed E-state index contributed by atoms with van der Waals surface area (Å²) < 4.78 is 6.80. The Balaban J connectivity index is 1.61. The lowest BCUT2D eigenvalue weighted by molar-refractivity contribution is -0.143. The molecule has 1 fully saturated rings. The number of rotatable bonds is 10. The minimum atomic E-state index is -0.652. The van der Waals surface area contributed by atoms with Crippen molar-refractivity contribution in [1.29, 1.82) is 0 Å². The van der Waals surface area contributed by atoms with E-state index in [0.717, 1.165) is 46.8 Å². The third-order valence-electron chi connectivity index (χ3n) is 6.57. The third-order valence-corrected chi connectivity index (χ3v) is 7.06. The highest BCUT2D eigenvalue weighted by Crippen LogP contribution is 2.21. The average molecular weight is 550 g/mol. The summed E-state index contributed by atoms with van der Waals surface area (Å²) in [5, 5.41) is 3.23. The van der Waals surface area contributed by atoms with Crippen LogP contribution in [0, 0.1) is 6.92 Å². The minimum Gasteiger partial charge on any atom is -0.484 e. The topological polar surface area (TPSA) is 58.6 Å². The molecule has 0 radical (unpaired) electrons. The molecule has 3 aromatic carbocycles. The molecule has 188 valence electrons. The lowest BCUT2D eigenvalue weighted by Gasteiger charge is -2.32. The van der Waals surface area contributed by atoms with E-state index < -0.39 is 6.04 Å². The monoisotopic (exact) mass is 548 g/mol. The molecule has 36 heavy (non-hydrogen) atoms. The summed E-state index contributed by atoms with van der Waals surface area (Å²) in [7, 11) is 0. The molecule has 4 rings (SSSR count). The number of benzene rings is 3. The zero-order valence-electron chi connectivity index (χ0n) is 20.7. The molecule has 1 N–H and O–H groups in total. The molecule has 0 spiro atoms. The van der Waals surface area contributed by atoms with Crippen molar-refractivity contribution in [3.8, 4) is 5.75 Å². The summed E-state index contributed by atoms with van der Waals surface area (Å²) in [4.78, 5) is 29.0. The van der Waals surface area contributed by atoms with E-state index in [1.165, 1.54) is 0 Å². The van der Waals surface area contributed by atoms with Gasteiger partial charge in [0, 0.05) is 23.5 Å². The van der Waals surface area contributed by atoms with Crippen LogP contribution in [0.3, 0.4) is 0 Å². The summed E-state index contributed by atoms with van der Waals surface area (Å²) in [6, 6.07) is 24.9. The first-order valence-corrected chi connectivity index (χ1v) is 13.3. The Kier molecular flexibility index (Phi) is 9.17. The van der Waals surface area contributed by atoms with Gasteiger partial charge in [0.05, 0.1) is 0 Å². The standard InChI is InChI=1S/C30H33BrN2O3/c1-22-9-7-16-27(17-22)36-21-29(34)33(20-24-12-8-13-25(31)18-24)28(19-23-10-3-2-4-11-23)30(35)32-26-14-5-6-15-26/h2-4,7-13,16-18,26,28H,5-6,14-15,19-21H2,1H3,(H,32,35). The summed E-state index contributed by atoms with van der Waals surface area (Å²) in [6.07, 6.45) is 4.65. The van der Waals surface area contributed by atoms with E-state index in [9.17, 15) is 9.59 Å². The number of amides is 2. The Bertz CT molecular complexity index is 1160. The molecular formula is C30H33BrN2O3. The van der Waals surface area contributed by atoms with Crippen molar-refractivity contribution in [3.63, 3.8) is 0 Å². The molecular weight excluding hydrogens is 516 g/mol. The van der Waals surface area contributed by atoms with E-state index in [1.54, 1.807) is 4.90 Å². The van der Waals surface area contributed by atoms with Gasteiger partial charge < -0.3 is 15.0 Å². The van der Waals surface area contributed by atoms with Gasteiger partial charge in [0.1, 0.15) is 11.8 Å². The van der Waals surface area contributed by atoms with Gasteiger partial charge in [-0.25, -0.2) is 0 Å². The first-order chi connectivity index (χ1) is 17.5. The van der Waals surface area contributed by atoms with Gasteiger partial charge in [0.2, 0.25) is 5.91 Å². The van der Waals surface area contributed by atoms with E-state index in [0.29, 0.717) is 18.7 Å². The second-order valence-corrected chi connectivity index (χ2v) is 10.4. The number of hydrogen-bond acceptors (Lipinski definition) is 3. The van der Waals surface area contributed by atoms with E-state index in [-0.39, 0.29) is 24.5 Å². The van der Waals surface area contributed by atoms with Gasteiger partial charge in [-0.05, 0) is 60.7 Å². The average Bonchev–Trinajstić information content (AvgIpc) is 3.38. The molecule has 3 aromatic rings. The summed E-state index contributed by atoms with van der Waals surface area (Å²) in [6.45, 7) is 2.15. The smallest absolute Gasteiger partial charge is 0.261 e. The highest BCUT2D eigenvalue weighted by molar-refractivity contribution is 9.10. The van der Waals surface area contributed by atoms with Crippen LogP contribution in [0.4, 0.5) is 0 Å². The quantitative estimate of drug-likeness (QED) is 0.346. The predicted molar refractivity (Wildman–Crippen MR) is 146 cm³/mol. The van der Waals surface area contributed by atoms with Crippen LogP contribution in [0.15, 0.2) is 83.3 Å². The molecule has 0 bridgehead atoms. The summed E-state index contributed by atoms with van der Waals surface area (Å²) in [5.74, 6) is 0.310. The minimum absolute atomic E-state index is 0.107. The van der Waals surface area contributed by atoms with Gasteiger partial charge in [0.25, 0.3) is 5.91 Å². The highest BCUT2D eigenvalue weighted by Gasteiger charge is 2.32. The van der Waals surface area contributed by atoms with E-state index >= 15 is 0 Å². The van der Waals surface area contributed by atoms with Crippen LogP contribution in [0.1, 0.15) is 42.4 Å². The molecule has 0 saturated heterocycles. The van der Waals surface area contributed by atoms with Crippen molar-refractivity contribution in [1.82, 2.24) is 10.2 Å². The van der Waals surface area contributed by atoms with E-state index in [1.807, 2.05) is 85.8 Å². The zero-order valence-corrected chi connectivity index (χ0v) is 22.2. The van der Waals surface area contributed by atoms with E-state index in [4.69, 9.17) is 4.74 Å². The van der Waals surface area contributed by atoms with Gasteiger partial charge >= 0.3 is 0 Å². The lowest BCUT2D eigenvalue weighted by atomic mass is 10.0. The highest BCUT2D eigenvalue weighted by atomic mass is 79.9. The van der Waals surface area contributed by atoms with Crippen molar-refractivity contribution in [2.24, 2.45) is 0 Å². The van der Waals surface area contributed by atoms with Crippen molar-refractivity contribution in [2.75, 3.05) is 6.61 Å². The first kappa shape index (κ1) is 26.0.